The smallest absolute Gasteiger partial charge is 0.443 e. The molecule has 16 heteroatoms. The number of amides is 2. The molecule has 0 aliphatic heterocycles. The zero-order valence-corrected chi connectivity index (χ0v) is 15.6. The van der Waals surface area contributed by atoms with E-state index < -0.39 is 62.7 Å². The van der Waals surface area contributed by atoms with Crippen LogP contribution < -0.4 is 10.6 Å². The number of alkyl halides is 10. The van der Waals surface area contributed by atoms with Crippen LogP contribution in [0, 0.1) is 0 Å². The van der Waals surface area contributed by atoms with Gasteiger partial charge in [0, 0.05) is 13.1 Å². The molecule has 182 valence electrons. The highest BCUT2D eigenvalue weighted by molar-refractivity contribution is 5.67. The highest BCUT2D eigenvalue weighted by atomic mass is 19.4. The van der Waals surface area contributed by atoms with Crippen LogP contribution in [0.1, 0.15) is 11.1 Å². The second kappa shape index (κ2) is 10.1. The summed E-state index contributed by atoms with van der Waals surface area (Å²) in [5.41, 5.74) is 0.501. The van der Waals surface area contributed by atoms with Crippen molar-refractivity contribution in [2.45, 2.75) is 37.3 Å². The zero-order valence-electron chi connectivity index (χ0n) is 15.6. The van der Waals surface area contributed by atoms with E-state index in [0.717, 1.165) is 0 Å². The van der Waals surface area contributed by atoms with E-state index in [9.17, 15) is 53.5 Å². The summed E-state index contributed by atoms with van der Waals surface area (Å²) in [5, 5.41) is 3.80. The maximum atomic E-state index is 12.7. The summed E-state index contributed by atoms with van der Waals surface area (Å²) in [6, 6.07) is 5.39. The van der Waals surface area contributed by atoms with E-state index in [1.807, 2.05) is 10.6 Å². The van der Waals surface area contributed by atoms with Crippen LogP contribution >= 0.6 is 0 Å². The van der Waals surface area contributed by atoms with Gasteiger partial charge in [0.1, 0.15) is 0 Å². The molecule has 0 unspecified atom stereocenters. The first-order valence-corrected chi connectivity index (χ1v) is 8.23. The average Bonchev–Trinajstić information content (AvgIpc) is 2.66. The molecule has 32 heavy (non-hydrogen) atoms. The standard InChI is InChI=1S/C16H14F10N2O4/c17-13(18,15(21,22)23)7-31-11(29)27-5-9-2-1-3-10(4-9)6-28-12(30)32-8-14(19,20)16(24,25)26/h1-4H,5-8H2,(H,27,29)(H,28,30). The molecule has 0 aliphatic carbocycles. The molecule has 1 aromatic rings. The van der Waals surface area contributed by atoms with Gasteiger partial charge >= 0.3 is 36.4 Å². The Bertz CT molecular complexity index is 735. The van der Waals surface area contributed by atoms with Gasteiger partial charge in [-0.15, -0.1) is 0 Å². The Labute approximate surface area is 172 Å². The first-order chi connectivity index (χ1) is 14.4. The minimum absolute atomic E-state index is 0.251. The maximum absolute atomic E-state index is 12.7. The van der Waals surface area contributed by atoms with Crippen molar-refractivity contribution in [2.24, 2.45) is 0 Å². The van der Waals surface area contributed by atoms with E-state index in [0.29, 0.717) is 0 Å². The normalized spacial score (nSPS) is 12.8. The fourth-order valence-corrected chi connectivity index (χ4v) is 1.78. The second-order valence-corrected chi connectivity index (χ2v) is 6.08. The van der Waals surface area contributed by atoms with Crippen LogP contribution in [0.15, 0.2) is 24.3 Å². The van der Waals surface area contributed by atoms with E-state index >= 15 is 0 Å². The molecule has 2 amide bonds. The van der Waals surface area contributed by atoms with Gasteiger partial charge in [0.25, 0.3) is 0 Å². The number of halogens is 10. The van der Waals surface area contributed by atoms with Gasteiger partial charge in [0.15, 0.2) is 13.2 Å². The van der Waals surface area contributed by atoms with E-state index in [4.69, 9.17) is 0 Å². The monoisotopic (exact) mass is 488 g/mol. The third-order valence-corrected chi connectivity index (χ3v) is 3.46. The summed E-state index contributed by atoms with van der Waals surface area (Å²) in [6.07, 6.45) is -15.0. The Hall–Kier alpha value is -2.94. The second-order valence-electron chi connectivity index (χ2n) is 6.08. The summed E-state index contributed by atoms with van der Waals surface area (Å²) in [7, 11) is 0. The molecule has 0 aromatic heterocycles. The first-order valence-electron chi connectivity index (χ1n) is 8.23. The van der Waals surface area contributed by atoms with Gasteiger partial charge in [0.05, 0.1) is 0 Å². The number of hydrogen-bond acceptors (Lipinski definition) is 4. The number of benzene rings is 1. The highest BCUT2D eigenvalue weighted by Crippen LogP contribution is 2.36. The number of rotatable bonds is 8. The third kappa shape index (κ3) is 8.30. The van der Waals surface area contributed by atoms with Crippen LogP contribution in [0.3, 0.4) is 0 Å². The largest absolute Gasteiger partial charge is 0.456 e. The zero-order chi connectivity index (χ0) is 24.8. The van der Waals surface area contributed by atoms with Crippen molar-refractivity contribution in [3.05, 3.63) is 35.4 Å². The Morgan fingerprint density at radius 1 is 0.688 bits per heavy atom. The Balaban J connectivity index is 2.48. The quantitative estimate of drug-likeness (QED) is 0.528. The summed E-state index contributed by atoms with van der Waals surface area (Å²) < 4.78 is 130. The van der Waals surface area contributed by atoms with Crippen LogP contribution in [-0.2, 0) is 22.6 Å². The van der Waals surface area contributed by atoms with Crippen molar-refractivity contribution >= 4 is 12.2 Å². The number of carbonyl (C=O) groups is 2. The molecule has 0 spiro atoms. The predicted octanol–water partition coefficient (Wildman–Crippen LogP) is 4.53. The molecule has 0 aliphatic rings. The van der Waals surface area contributed by atoms with E-state index in [1.54, 1.807) is 0 Å². The molecular formula is C16H14F10N2O4. The minimum atomic E-state index is -5.90. The lowest BCUT2D eigenvalue weighted by Crippen LogP contribution is -2.42. The van der Waals surface area contributed by atoms with Crippen LogP contribution in [0.2, 0.25) is 0 Å². The number of hydrogen-bond donors (Lipinski definition) is 2. The first kappa shape index (κ1) is 27.1. The molecule has 1 aromatic carbocycles. The van der Waals surface area contributed by atoms with Crippen molar-refractivity contribution in [3.63, 3.8) is 0 Å². The van der Waals surface area contributed by atoms with Crippen molar-refractivity contribution in [3.8, 4) is 0 Å². The van der Waals surface area contributed by atoms with Crippen molar-refractivity contribution in [2.75, 3.05) is 13.2 Å². The lowest BCUT2D eigenvalue weighted by atomic mass is 10.1. The maximum Gasteiger partial charge on any atom is 0.456 e. The van der Waals surface area contributed by atoms with Gasteiger partial charge in [0.2, 0.25) is 0 Å². The molecule has 0 atom stereocenters. The summed E-state index contributed by atoms with van der Waals surface area (Å²) in [4.78, 5) is 22.5. The summed E-state index contributed by atoms with van der Waals surface area (Å²) in [6.45, 7) is -5.26. The third-order valence-electron chi connectivity index (χ3n) is 3.46. The van der Waals surface area contributed by atoms with Gasteiger partial charge in [-0.1, -0.05) is 24.3 Å². The predicted molar refractivity (Wildman–Crippen MR) is 84.8 cm³/mol. The lowest BCUT2D eigenvalue weighted by molar-refractivity contribution is -0.292. The molecule has 0 heterocycles. The van der Waals surface area contributed by atoms with Gasteiger partial charge in [-0.2, -0.15) is 43.9 Å². The molecular weight excluding hydrogens is 474 g/mol. The Kier molecular flexibility index (Phi) is 8.57. The summed E-state index contributed by atoms with van der Waals surface area (Å²) in [5.74, 6) is -10.5. The number of carbonyl (C=O) groups excluding carboxylic acids is 2. The molecule has 6 nitrogen and oxygen atoms in total. The van der Waals surface area contributed by atoms with Gasteiger partial charge in [-0.25, -0.2) is 9.59 Å². The molecule has 0 saturated carbocycles. The fourth-order valence-electron chi connectivity index (χ4n) is 1.78. The Morgan fingerprint density at radius 3 is 1.34 bits per heavy atom. The molecule has 0 bridgehead atoms. The fraction of sp³-hybridized carbons (Fsp3) is 0.500. The van der Waals surface area contributed by atoms with Gasteiger partial charge < -0.3 is 20.1 Å². The van der Waals surface area contributed by atoms with E-state index in [1.165, 1.54) is 24.3 Å². The number of ether oxygens (including phenoxy) is 2. The average molecular weight is 488 g/mol. The molecule has 2 N–H and O–H groups in total. The van der Waals surface area contributed by atoms with Crippen molar-refractivity contribution in [1.29, 1.82) is 0 Å². The van der Waals surface area contributed by atoms with Crippen LogP contribution in [0.5, 0.6) is 0 Å². The van der Waals surface area contributed by atoms with Gasteiger partial charge in [-0.05, 0) is 11.1 Å². The molecule has 0 saturated heterocycles. The Morgan fingerprint density at radius 2 is 1.03 bits per heavy atom. The highest BCUT2D eigenvalue weighted by Gasteiger charge is 2.59. The van der Waals surface area contributed by atoms with Crippen LogP contribution in [0.4, 0.5) is 53.5 Å². The molecule has 0 fully saturated rings. The van der Waals surface area contributed by atoms with Crippen LogP contribution in [-0.4, -0.2) is 49.6 Å². The van der Waals surface area contributed by atoms with Crippen molar-refractivity contribution < 1.29 is 63.0 Å². The van der Waals surface area contributed by atoms with Crippen molar-refractivity contribution in [1.82, 2.24) is 10.6 Å². The van der Waals surface area contributed by atoms with Gasteiger partial charge in [-0.3, -0.25) is 0 Å². The number of nitrogens with one attached hydrogen (secondary N) is 2. The van der Waals surface area contributed by atoms with E-state index in [2.05, 4.69) is 9.47 Å². The lowest BCUT2D eigenvalue weighted by Gasteiger charge is -2.19. The number of alkyl carbamates (subject to hydrolysis) is 2. The SMILES string of the molecule is O=C(NCc1cccc(CNC(=O)OCC(F)(F)C(F)(F)F)c1)OCC(F)(F)C(F)(F)F. The molecule has 1 rings (SSSR count). The molecule has 0 radical (unpaired) electrons. The minimum Gasteiger partial charge on any atom is -0.443 e. The topological polar surface area (TPSA) is 76.7 Å². The summed E-state index contributed by atoms with van der Waals surface area (Å²) >= 11 is 0. The van der Waals surface area contributed by atoms with E-state index in [-0.39, 0.29) is 11.1 Å². The van der Waals surface area contributed by atoms with Crippen LogP contribution in [0.25, 0.3) is 0 Å².